The number of hydrogen-bond donors (Lipinski definition) is 0. The summed E-state index contributed by atoms with van der Waals surface area (Å²) in [7, 11) is 1.16. The molecule has 0 atom stereocenters. The minimum absolute atomic E-state index is 0.0174. The predicted molar refractivity (Wildman–Crippen MR) is 88.2 cm³/mol. The van der Waals surface area contributed by atoms with E-state index in [1.165, 1.54) is 4.90 Å². The average molecular weight is 387 g/mol. The van der Waals surface area contributed by atoms with E-state index in [2.05, 4.69) is 10.2 Å². The second-order valence-electron chi connectivity index (χ2n) is 7.46. The molecule has 0 radical (unpaired) electrons. The van der Waals surface area contributed by atoms with Crippen LogP contribution in [0.2, 0.25) is 0 Å². The third-order valence-corrected chi connectivity index (χ3v) is 4.15. The van der Waals surface area contributed by atoms with Crippen LogP contribution in [0.25, 0.3) is 0 Å². The Morgan fingerprint density at radius 1 is 1.19 bits per heavy atom. The molecule has 0 bridgehead atoms. The summed E-state index contributed by atoms with van der Waals surface area (Å²) < 4.78 is 45.8. The van der Waals surface area contributed by atoms with E-state index in [0.29, 0.717) is 29.2 Å². The van der Waals surface area contributed by atoms with Crippen molar-refractivity contribution in [3.63, 3.8) is 0 Å². The average Bonchev–Trinajstić information content (AvgIpc) is 2.81. The number of alkyl halides is 3. The van der Waals surface area contributed by atoms with Crippen LogP contribution in [0.15, 0.2) is 5.10 Å². The Morgan fingerprint density at radius 2 is 1.85 bits per heavy atom. The summed E-state index contributed by atoms with van der Waals surface area (Å²) in [6.07, 6.45) is -4.90. The Kier molecular flexibility index (Phi) is 4.43. The number of ether oxygens (including phenoxy) is 1. The zero-order chi connectivity index (χ0) is 20.1. The summed E-state index contributed by atoms with van der Waals surface area (Å²) in [5.74, 6) is -0.700. The third kappa shape index (κ3) is 3.76. The highest BCUT2D eigenvalue weighted by Crippen LogP contribution is 2.28. The van der Waals surface area contributed by atoms with Crippen molar-refractivity contribution in [1.29, 1.82) is 0 Å². The van der Waals surface area contributed by atoms with Gasteiger partial charge in [0.2, 0.25) is 0 Å². The van der Waals surface area contributed by atoms with Crippen LogP contribution in [0, 0.1) is 0 Å². The predicted octanol–water partition coefficient (Wildman–Crippen LogP) is 2.18. The molecule has 0 unspecified atom stereocenters. The molecular weight excluding hydrogens is 367 g/mol. The molecule has 27 heavy (non-hydrogen) atoms. The molecule has 3 heterocycles. The van der Waals surface area contributed by atoms with E-state index < -0.39 is 36.0 Å². The van der Waals surface area contributed by atoms with Gasteiger partial charge >= 0.3 is 12.3 Å². The van der Waals surface area contributed by atoms with Gasteiger partial charge in [0.1, 0.15) is 11.3 Å². The number of rotatable bonds is 0. The van der Waals surface area contributed by atoms with Crippen molar-refractivity contribution >= 4 is 17.7 Å². The molecule has 3 rings (SSSR count). The van der Waals surface area contributed by atoms with Crippen LogP contribution in [0.5, 0.6) is 0 Å². The van der Waals surface area contributed by atoms with Crippen LogP contribution in [-0.4, -0.2) is 62.8 Å². The van der Waals surface area contributed by atoms with Gasteiger partial charge in [-0.25, -0.2) is 9.80 Å². The fraction of sp³-hybridized carbons (Fsp3) is 0.625. The number of hydrazone groups is 1. The largest absolute Gasteiger partial charge is 0.444 e. The van der Waals surface area contributed by atoms with E-state index in [0.717, 1.165) is 11.7 Å². The Bertz CT molecular complexity index is 822. The van der Waals surface area contributed by atoms with E-state index in [9.17, 15) is 22.8 Å². The Balaban J connectivity index is 1.94. The van der Waals surface area contributed by atoms with Gasteiger partial charge in [-0.2, -0.15) is 23.4 Å². The van der Waals surface area contributed by atoms with Crippen molar-refractivity contribution < 1.29 is 27.5 Å². The maximum atomic E-state index is 13.1. The number of hydrogen-bond acceptors (Lipinski definition) is 5. The van der Waals surface area contributed by atoms with Gasteiger partial charge in [-0.05, 0) is 20.8 Å². The molecule has 0 fully saturated rings. The van der Waals surface area contributed by atoms with E-state index >= 15 is 0 Å². The van der Waals surface area contributed by atoms with Gasteiger partial charge in [0.25, 0.3) is 5.91 Å². The van der Waals surface area contributed by atoms with Crippen molar-refractivity contribution in [2.75, 3.05) is 13.6 Å². The molecule has 11 heteroatoms. The minimum atomic E-state index is -4.68. The molecule has 0 aliphatic carbocycles. The number of fused-ring (bicyclic) bond motifs is 3. The van der Waals surface area contributed by atoms with Gasteiger partial charge in [-0.15, -0.1) is 0 Å². The highest BCUT2D eigenvalue weighted by atomic mass is 19.4. The molecule has 0 spiro atoms. The first kappa shape index (κ1) is 19.2. The quantitative estimate of drug-likeness (QED) is 0.684. The van der Waals surface area contributed by atoms with Crippen molar-refractivity contribution in [1.82, 2.24) is 19.7 Å². The molecule has 8 nitrogen and oxygen atoms in total. The monoisotopic (exact) mass is 387 g/mol. The number of halogens is 3. The fourth-order valence-corrected chi connectivity index (χ4v) is 2.96. The van der Waals surface area contributed by atoms with Crippen LogP contribution in [0.1, 0.15) is 42.5 Å². The highest BCUT2D eigenvalue weighted by molar-refractivity contribution is 5.99. The van der Waals surface area contributed by atoms with Gasteiger partial charge in [0.05, 0.1) is 18.8 Å². The van der Waals surface area contributed by atoms with Gasteiger partial charge < -0.3 is 9.64 Å². The van der Waals surface area contributed by atoms with Gasteiger partial charge in [-0.1, -0.05) is 0 Å². The summed E-state index contributed by atoms with van der Waals surface area (Å²) in [4.78, 5) is 26.3. The third-order valence-electron chi connectivity index (χ3n) is 4.15. The topological polar surface area (TPSA) is 80.0 Å². The lowest BCUT2D eigenvalue weighted by molar-refractivity contribution is -0.0619. The summed E-state index contributed by atoms with van der Waals surface area (Å²) in [5, 5.41) is 8.22. The van der Waals surface area contributed by atoms with Crippen LogP contribution >= 0.6 is 0 Å². The standard InChI is InChI=1S/C16H20F3N5O3/c1-15(2,3)27-14(26)23-6-5-10-9(7-23)12-13(25)22(4)21-11(16(17,18)19)8-24(12)20-10/h5-8H2,1-4H3. The van der Waals surface area contributed by atoms with Crippen LogP contribution < -0.4 is 0 Å². The number of nitrogens with zero attached hydrogens (tertiary/aromatic N) is 5. The molecule has 0 N–H and O–H groups in total. The molecule has 0 saturated heterocycles. The van der Waals surface area contributed by atoms with E-state index in [1.807, 2.05) is 0 Å². The first-order valence-corrected chi connectivity index (χ1v) is 8.36. The second-order valence-corrected chi connectivity index (χ2v) is 7.46. The SMILES string of the molecule is CN1N=C(C(F)(F)F)Cn2nc3c(c2C1=O)CN(C(=O)OC(C)(C)C)CC3. The van der Waals surface area contributed by atoms with E-state index in [4.69, 9.17) is 4.74 Å². The summed E-state index contributed by atoms with van der Waals surface area (Å²) in [6.45, 7) is 4.90. The molecule has 2 aliphatic heterocycles. The van der Waals surface area contributed by atoms with Crippen molar-refractivity contribution in [2.24, 2.45) is 5.10 Å². The zero-order valence-electron chi connectivity index (χ0n) is 15.4. The maximum Gasteiger partial charge on any atom is 0.433 e. The molecule has 0 saturated carbocycles. The van der Waals surface area contributed by atoms with Gasteiger partial charge in [0.15, 0.2) is 5.71 Å². The highest BCUT2D eigenvalue weighted by Gasteiger charge is 2.41. The fourth-order valence-electron chi connectivity index (χ4n) is 2.96. The van der Waals surface area contributed by atoms with Crippen molar-refractivity contribution in [3.8, 4) is 0 Å². The lowest BCUT2D eigenvalue weighted by atomic mass is 10.1. The van der Waals surface area contributed by atoms with Gasteiger partial charge in [-0.3, -0.25) is 9.48 Å². The first-order valence-electron chi connectivity index (χ1n) is 8.36. The molecule has 2 amide bonds. The Hall–Kier alpha value is -2.59. The van der Waals surface area contributed by atoms with Crippen LogP contribution in [0.3, 0.4) is 0 Å². The summed E-state index contributed by atoms with van der Waals surface area (Å²) >= 11 is 0. The maximum absolute atomic E-state index is 13.1. The second kappa shape index (κ2) is 6.24. The van der Waals surface area contributed by atoms with Crippen LogP contribution in [0.4, 0.5) is 18.0 Å². The Labute approximate surface area is 153 Å². The summed E-state index contributed by atoms with van der Waals surface area (Å²) in [5.41, 5.74) is -0.832. The van der Waals surface area contributed by atoms with Gasteiger partial charge in [0, 0.05) is 25.6 Å². The van der Waals surface area contributed by atoms with E-state index in [-0.39, 0.29) is 12.2 Å². The number of carbonyl (C=O) groups is 2. The van der Waals surface area contributed by atoms with Crippen LogP contribution in [-0.2, 0) is 24.2 Å². The molecule has 148 valence electrons. The molecule has 1 aromatic rings. The smallest absolute Gasteiger partial charge is 0.433 e. The molecule has 1 aromatic heterocycles. The number of amides is 2. The molecule has 0 aromatic carbocycles. The first-order chi connectivity index (χ1) is 12.4. The van der Waals surface area contributed by atoms with Crippen molar-refractivity contribution in [3.05, 3.63) is 17.0 Å². The lowest BCUT2D eigenvalue weighted by Crippen LogP contribution is -2.40. The molecular formula is C16H20F3N5O3. The minimum Gasteiger partial charge on any atom is -0.444 e. The van der Waals surface area contributed by atoms with Crippen molar-refractivity contribution in [2.45, 2.75) is 52.1 Å². The zero-order valence-corrected chi connectivity index (χ0v) is 15.4. The lowest BCUT2D eigenvalue weighted by Gasteiger charge is -2.30. The number of carbonyl (C=O) groups excluding carboxylic acids is 2. The summed E-state index contributed by atoms with van der Waals surface area (Å²) in [6, 6.07) is 0. The Morgan fingerprint density at radius 3 is 2.44 bits per heavy atom. The number of aromatic nitrogens is 2. The normalized spacial score (nSPS) is 17.9. The molecule has 2 aliphatic rings. The van der Waals surface area contributed by atoms with E-state index in [1.54, 1.807) is 20.8 Å².